The van der Waals surface area contributed by atoms with Crippen LogP contribution >= 0.6 is 0 Å². The summed E-state index contributed by atoms with van der Waals surface area (Å²) in [5.41, 5.74) is 1.99. The smallest absolute Gasteiger partial charge is 0.166 e. The molecule has 0 saturated heterocycles. The van der Waals surface area contributed by atoms with Gasteiger partial charge in [0.15, 0.2) is 23.3 Å². The Labute approximate surface area is 166 Å². The molecule has 3 aromatic rings. The molecule has 1 aliphatic rings. The fraction of sp³-hybridized carbons (Fsp3) is 0.250. The number of aryl methyl sites for hydroxylation is 2. The summed E-state index contributed by atoms with van der Waals surface area (Å²) in [5, 5.41) is 0. The predicted molar refractivity (Wildman–Crippen MR) is 102 cm³/mol. The second-order valence-electron chi connectivity index (χ2n) is 7.44. The minimum atomic E-state index is -1.09. The molecule has 4 rings (SSSR count). The molecule has 3 aromatic carbocycles. The number of halogens is 5. The summed E-state index contributed by atoms with van der Waals surface area (Å²) < 4.78 is 71.1. The van der Waals surface area contributed by atoms with Crippen molar-refractivity contribution in [2.24, 2.45) is 0 Å². The molecular formula is C24H19F5. The van der Waals surface area contributed by atoms with Crippen molar-refractivity contribution in [2.75, 3.05) is 0 Å². The van der Waals surface area contributed by atoms with Gasteiger partial charge in [0.05, 0.1) is 0 Å². The standard InChI is InChI=1S/C24H19F5/c1-2-13-8-9-17(24(29)22(13)27)15-7-6-14-11-19(21(26)12-16(14)10-15)18-4-3-5-20(25)23(18)28/h3-5,8-9,11-12,15H,2,6-7,10H2,1H3. The van der Waals surface area contributed by atoms with Crippen molar-refractivity contribution in [1.82, 2.24) is 0 Å². The van der Waals surface area contributed by atoms with Gasteiger partial charge in [-0.15, -0.1) is 0 Å². The van der Waals surface area contributed by atoms with Crippen molar-refractivity contribution >= 4 is 0 Å². The molecule has 0 bridgehead atoms. The molecule has 0 N–H and O–H groups in total. The van der Waals surface area contributed by atoms with E-state index in [1.807, 2.05) is 0 Å². The van der Waals surface area contributed by atoms with Gasteiger partial charge >= 0.3 is 0 Å². The summed E-state index contributed by atoms with van der Waals surface area (Å²) in [6, 6.07) is 9.70. The van der Waals surface area contributed by atoms with Crippen LogP contribution in [0, 0.1) is 29.1 Å². The van der Waals surface area contributed by atoms with Crippen LogP contribution in [-0.2, 0) is 19.3 Å². The van der Waals surface area contributed by atoms with E-state index < -0.39 is 29.1 Å². The van der Waals surface area contributed by atoms with Gasteiger partial charge in [0.25, 0.3) is 0 Å². The third kappa shape index (κ3) is 3.43. The van der Waals surface area contributed by atoms with E-state index in [1.165, 1.54) is 24.3 Å². The molecule has 1 aliphatic carbocycles. The summed E-state index contributed by atoms with van der Waals surface area (Å²) in [4.78, 5) is 0. The highest BCUT2D eigenvalue weighted by atomic mass is 19.2. The van der Waals surface area contributed by atoms with Crippen molar-refractivity contribution in [2.45, 2.75) is 38.5 Å². The largest absolute Gasteiger partial charge is 0.206 e. The summed E-state index contributed by atoms with van der Waals surface area (Å²) >= 11 is 0. The highest BCUT2D eigenvalue weighted by Gasteiger charge is 2.26. The van der Waals surface area contributed by atoms with Crippen LogP contribution in [0.5, 0.6) is 0 Å². The Morgan fingerprint density at radius 2 is 1.59 bits per heavy atom. The molecule has 0 heterocycles. The van der Waals surface area contributed by atoms with Crippen LogP contribution < -0.4 is 0 Å². The molecule has 0 radical (unpaired) electrons. The molecule has 0 aliphatic heterocycles. The van der Waals surface area contributed by atoms with Crippen LogP contribution in [0.2, 0.25) is 0 Å². The highest BCUT2D eigenvalue weighted by molar-refractivity contribution is 5.67. The SMILES string of the molecule is CCc1ccc(C2CCc3cc(-c4cccc(F)c4F)c(F)cc3C2)c(F)c1F. The number of hydrogen-bond donors (Lipinski definition) is 0. The Kier molecular flexibility index (Phi) is 5.15. The molecule has 1 atom stereocenters. The highest BCUT2D eigenvalue weighted by Crippen LogP contribution is 2.38. The molecule has 5 heteroatoms. The second-order valence-corrected chi connectivity index (χ2v) is 7.44. The van der Waals surface area contributed by atoms with Crippen molar-refractivity contribution < 1.29 is 22.0 Å². The van der Waals surface area contributed by atoms with Crippen LogP contribution in [-0.4, -0.2) is 0 Å². The van der Waals surface area contributed by atoms with E-state index >= 15 is 0 Å². The quantitative estimate of drug-likeness (QED) is 0.419. The monoisotopic (exact) mass is 402 g/mol. The van der Waals surface area contributed by atoms with E-state index in [1.54, 1.807) is 19.1 Å². The molecule has 0 spiro atoms. The topological polar surface area (TPSA) is 0 Å². The lowest BCUT2D eigenvalue weighted by Crippen LogP contribution is -2.16. The van der Waals surface area contributed by atoms with E-state index in [2.05, 4.69) is 0 Å². The van der Waals surface area contributed by atoms with Crippen molar-refractivity contribution in [3.05, 3.63) is 93.8 Å². The Morgan fingerprint density at radius 3 is 2.34 bits per heavy atom. The summed E-state index contributed by atoms with van der Waals surface area (Å²) in [7, 11) is 0. The van der Waals surface area contributed by atoms with Crippen LogP contribution in [0.4, 0.5) is 22.0 Å². The average Bonchev–Trinajstić information content (AvgIpc) is 2.71. The lowest BCUT2D eigenvalue weighted by atomic mass is 9.78. The Morgan fingerprint density at radius 1 is 0.793 bits per heavy atom. The maximum Gasteiger partial charge on any atom is 0.166 e. The van der Waals surface area contributed by atoms with Gasteiger partial charge in [-0.1, -0.05) is 31.2 Å². The minimum absolute atomic E-state index is 0.00345. The molecule has 0 fully saturated rings. The average molecular weight is 402 g/mol. The second kappa shape index (κ2) is 7.62. The van der Waals surface area contributed by atoms with Gasteiger partial charge in [0, 0.05) is 11.1 Å². The van der Waals surface area contributed by atoms with Crippen molar-refractivity contribution in [3.63, 3.8) is 0 Å². The Balaban J connectivity index is 1.69. The normalized spacial score (nSPS) is 16.0. The van der Waals surface area contributed by atoms with Crippen LogP contribution in [0.15, 0.2) is 42.5 Å². The van der Waals surface area contributed by atoms with Crippen LogP contribution in [0.25, 0.3) is 11.1 Å². The Bertz CT molecular complexity index is 1090. The van der Waals surface area contributed by atoms with E-state index in [9.17, 15) is 22.0 Å². The zero-order valence-electron chi connectivity index (χ0n) is 15.8. The number of fused-ring (bicyclic) bond motifs is 1. The number of rotatable bonds is 3. The van der Waals surface area contributed by atoms with E-state index in [-0.39, 0.29) is 17.0 Å². The molecule has 150 valence electrons. The van der Waals surface area contributed by atoms with Gasteiger partial charge in [-0.3, -0.25) is 0 Å². The molecular weight excluding hydrogens is 383 g/mol. The third-order valence-electron chi connectivity index (χ3n) is 5.77. The first-order chi connectivity index (χ1) is 13.9. The third-order valence-corrected chi connectivity index (χ3v) is 5.77. The number of hydrogen-bond acceptors (Lipinski definition) is 0. The number of benzene rings is 3. The van der Waals surface area contributed by atoms with Gasteiger partial charge in [0.1, 0.15) is 5.82 Å². The van der Waals surface area contributed by atoms with Crippen LogP contribution in [0.3, 0.4) is 0 Å². The van der Waals surface area contributed by atoms with E-state index in [0.717, 1.165) is 11.6 Å². The van der Waals surface area contributed by atoms with Crippen LogP contribution in [0.1, 0.15) is 41.5 Å². The fourth-order valence-corrected chi connectivity index (χ4v) is 4.16. The maximum atomic E-state index is 14.7. The molecule has 29 heavy (non-hydrogen) atoms. The maximum absolute atomic E-state index is 14.7. The fourth-order valence-electron chi connectivity index (χ4n) is 4.16. The van der Waals surface area contributed by atoms with Gasteiger partial charge in [-0.2, -0.15) is 0 Å². The summed E-state index contributed by atoms with van der Waals surface area (Å²) in [6.07, 6.45) is 1.84. The summed E-state index contributed by atoms with van der Waals surface area (Å²) in [5.74, 6) is -4.71. The lowest BCUT2D eigenvalue weighted by Gasteiger charge is -2.26. The van der Waals surface area contributed by atoms with Gasteiger partial charge < -0.3 is 0 Å². The Hall–Kier alpha value is -2.69. The first kappa shape index (κ1) is 19.6. The van der Waals surface area contributed by atoms with Crippen molar-refractivity contribution in [1.29, 1.82) is 0 Å². The van der Waals surface area contributed by atoms with Gasteiger partial charge in [0.2, 0.25) is 0 Å². The van der Waals surface area contributed by atoms with Gasteiger partial charge in [-0.25, -0.2) is 22.0 Å². The van der Waals surface area contributed by atoms with E-state index in [0.29, 0.717) is 42.4 Å². The zero-order valence-corrected chi connectivity index (χ0v) is 15.8. The van der Waals surface area contributed by atoms with Gasteiger partial charge in [-0.05, 0) is 72.1 Å². The zero-order chi connectivity index (χ0) is 20.7. The first-order valence-corrected chi connectivity index (χ1v) is 9.63. The lowest BCUT2D eigenvalue weighted by molar-refractivity contribution is 0.468. The molecule has 0 saturated carbocycles. The molecule has 0 nitrogen and oxygen atoms in total. The first-order valence-electron chi connectivity index (χ1n) is 9.63. The molecule has 0 amide bonds. The van der Waals surface area contributed by atoms with Crippen molar-refractivity contribution in [3.8, 4) is 11.1 Å². The molecule has 1 unspecified atom stereocenters. The van der Waals surface area contributed by atoms with E-state index in [4.69, 9.17) is 0 Å². The molecule has 0 aromatic heterocycles. The summed E-state index contributed by atoms with van der Waals surface area (Å²) in [6.45, 7) is 1.76. The predicted octanol–water partition coefficient (Wildman–Crippen LogP) is 6.88. The minimum Gasteiger partial charge on any atom is -0.206 e.